The van der Waals surface area contributed by atoms with Gasteiger partial charge in [-0.2, -0.15) is 0 Å². The fraction of sp³-hybridized carbons (Fsp3) is 0.438. The summed E-state index contributed by atoms with van der Waals surface area (Å²) in [7, 11) is 0. The standard InChI is InChI=1S/C16H23N3/c1-5-14-18-15(13-9-7-6-8-12(13)4)16(17)19(14)10-11(2)3/h6-9,11H,5,10,17H2,1-4H3. The van der Waals surface area contributed by atoms with E-state index in [2.05, 4.69) is 44.4 Å². The maximum atomic E-state index is 6.33. The Bertz CT molecular complexity index is 567. The summed E-state index contributed by atoms with van der Waals surface area (Å²) in [4.78, 5) is 4.75. The average Bonchev–Trinajstić information content (AvgIpc) is 2.67. The van der Waals surface area contributed by atoms with Gasteiger partial charge < -0.3 is 10.3 Å². The topological polar surface area (TPSA) is 43.8 Å². The number of aromatic nitrogens is 2. The van der Waals surface area contributed by atoms with Gasteiger partial charge in [0.1, 0.15) is 17.3 Å². The minimum absolute atomic E-state index is 0.562. The molecular formula is C16H23N3. The lowest BCUT2D eigenvalue weighted by molar-refractivity contribution is 0.513. The molecule has 0 radical (unpaired) electrons. The minimum Gasteiger partial charge on any atom is -0.383 e. The molecule has 1 heterocycles. The van der Waals surface area contributed by atoms with Gasteiger partial charge in [0.05, 0.1) is 0 Å². The van der Waals surface area contributed by atoms with E-state index in [9.17, 15) is 0 Å². The molecule has 1 aromatic carbocycles. The molecule has 0 saturated carbocycles. The highest BCUT2D eigenvalue weighted by Gasteiger charge is 2.16. The number of nitrogens with two attached hydrogens (primary N) is 1. The molecule has 2 rings (SSSR count). The molecule has 0 aliphatic heterocycles. The summed E-state index contributed by atoms with van der Waals surface area (Å²) in [5, 5.41) is 0. The first-order chi connectivity index (χ1) is 9.04. The Labute approximate surface area is 115 Å². The molecule has 0 spiro atoms. The van der Waals surface area contributed by atoms with Gasteiger partial charge in [-0.25, -0.2) is 4.98 Å². The van der Waals surface area contributed by atoms with Crippen molar-refractivity contribution in [2.24, 2.45) is 5.92 Å². The quantitative estimate of drug-likeness (QED) is 0.908. The van der Waals surface area contributed by atoms with Crippen molar-refractivity contribution >= 4 is 5.82 Å². The Kier molecular flexibility index (Phi) is 3.93. The highest BCUT2D eigenvalue weighted by Crippen LogP contribution is 2.29. The number of hydrogen-bond donors (Lipinski definition) is 1. The predicted molar refractivity (Wildman–Crippen MR) is 81.0 cm³/mol. The van der Waals surface area contributed by atoms with Crippen molar-refractivity contribution in [3.05, 3.63) is 35.7 Å². The molecule has 1 aromatic heterocycles. The number of anilines is 1. The van der Waals surface area contributed by atoms with E-state index in [4.69, 9.17) is 10.7 Å². The summed E-state index contributed by atoms with van der Waals surface area (Å²) >= 11 is 0. The Morgan fingerprint density at radius 1 is 1.26 bits per heavy atom. The van der Waals surface area contributed by atoms with Crippen molar-refractivity contribution in [1.82, 2.24) is 9.55 Å². The smallest absolute Gasteiger partial charge is 0.131 e. The first kappa shape index (κ1) is 13.7. The summed E-state index contributed by atoms with van der Waals surface area (Å²) in [6.45, 7) is 9.55. The molecule has 0 atom stereocenters. The van der Waals surface area contributed by atoms with Crippen LogP contribution in [0.25, 0.3) is 11.3 Å². The fourth-order valence-corrected chi connectivity index (χ4v) is 2.39. The monoisotopic (exact) mass is 257 g/mol. The molecule has 0 amide bonds. The fourth-order valence-electron chi connectivity index (χ4n) is 2.39. The van der Waals surface area contributed by atoms with Gasteiger partial charge in [0.15, 0.2) is 0 Å². The van der Waals surface area contributed by atoms with Gasteiger partial charge in [0, 0.05) is 18.5 Å². The third kappa shape index (κ3) is 2.65. The zero-order chi connectivity index (χ0) is 14.0. The average molecular weight is 257 g/mol. The van der Waals surface area contributed by atoms with Gasteiger partial charge in [-0.1, -0.05) is 45.0 Å². The van der Waals surface area contributed by atoms with E-state index in [-0.39, 0.29) is 0 Å². The number of benzene rings is 1. The Morgan fingerprint density at radius 3 is 2.53 bits per heavy atom. The Hall–Kier alpha value is -1.77. The van der Waals surface area contributed by atoms with E-state index in [1.807, 2.05) is 12.1 Å². The van der Waals surface area contributed by atoms with Crippen LogP contribution in [0, 0.1) is 12.8 Å². The molecule has 102 valence electrons. The minimum atomic E-state index is 0.562. The van der Waals surface area contributed by atoms with E-state index < -0.39 is 0 Å². The van der Waals surface area contributed by atoms with Crippen LogP contribution in [-0.4, -0.2) is 9.55 Å². The summed E-state index contributed by atoms with van der Waals surface area (Å²) in [6.07, 6.45) is 0.906. The van der Waals surface area contributed by atoms with Gasteiger partial charge in [-0.3, -0.25) is 0 Å². The lowest BCUT2D eigenvalue weighted by Crippen LogP contribution is -2.11. The highest BCUT2D eigenvalue weighted by atomic mass is 15.1. The molecule has 0 unspecified atom stereocenters. The van der Waals surface area contributed by atoms with Gasteiger partial charge >= 0.3 is 0 Å². The zero-order valence-electron chi connectivity index (χ0n) is 12.3. The maximum absolute atomic E-state index is 6.33. The number of nitrogen functional groups attached to an aromatic ring is 1. The highest BCUT2D eigenvalue weighted by molar-refractivity contribution is 5.73. The molecule has 0 saturated heterocycles. The molecular weight excluding hydrogens is 234 g/mol. The second-order valence-corrected chi connectivity index (χ2v) is 5.43. The molecule has 0 bridgehead atoms. The third-order valence-electron chi connectivity index (χ3n) is 3.35. The summed E-state index contributed by atoms with van der Waals surface area (Å²) < 4.78 is 2.16. The van der Waals surface area contributed by atoms with Crippen LogP contribution in [0.1, 0.15) is 32.2 Å². The first-order valence-electron chi connectivity index (χ1n) is 6.95. The van der Waals surface area contributed by atoms with Crippen LogP contribution in [0.15, 0.2) is 24.3 Å². The van der Waals surface area contributed by atoms with Gasteiger partial charge in [0.25, 0.3) is 0 Å². The lowest BCUT2D eigenvalue weighted by atomic mass is 10.1. The Morgan fingerprint density at radius 2 is 1.95 bits per heavy atom. The van der Waals surface area contributed by atoms with Crippen LogP contribution in [0.5, 0.6) is 0 Å². The molecule has 3 nitrogen and oxygen atoms in total. The molecule has 0 aliphatic carbocycles. The maximum Gasteiger partial charge on any atom is 0.131 e. The Balaban J connectivity index is 2.54. The summed E-state index contributed by atoms with van der Waals surface area (Å²) in [6, 6.07) is 8.27. The van der Waals surface area contributed by atoms with Gasteiger partial charge in [0.2, 0.25) is 0 Å². The van der Waals surface area contributed by atoms with E-state index >= 15 is 0 Å². The number of rotatable bonds is 4. The lowest BCUT2D eigenvalue weighted by Gasteiger charge is -2.11. The molecule has 0 aliphatic rings. The molecule has 2 N–H and O–H groups in total. The molecule has 19 heavy (non-hydrogen) atoms. The van der Waals surface area contributed by atoms with Crippen LogP contribution in [0.3, 0.4) is 0 Å². The van der Waals surface area contributed by atoms with E-state index in [0.29, 0.717) is 5.92 Å². The normalized spacial score (nSPS) is 11.2. The summed E-state index contributed by atoms with van der Waals surface area (Å²) in [5.74, 6) is 2.43. The van der Waals surface area contributed by atoms with Crippen molar-refractivity contribution in [3.63, 3.8) is 0 Å². The number of nitrogens with zero attached hydrogens (tertiary/aromatic N) is 2. The van der Waals surface area contributed by atoms with Crippen molar-refractivity contribution in [1.29, 1.82) is 0 Å². The van der Waals surface area contributed by atoms with E-state index in [0.717, 1.165) is 35.9 Å². The first-order valence-corrected chi connectivity index (χ1v) is 6.95. The molecule has 0 fully saturated rings. The van der Waals surface area contributed by atoms with Crippen molar-refractivity contribution in [3.8, 4) is 11.3 Å². The second-order valence-electron chi connectivity index (χ2n) is 5.43. The number of imidazole rings is 1. The van der Waals surface area contributed by atoms with Crippen molar-refractivity contribution < 1.29 is 0 Å². The second kappa shape index (κ2) is 5.47. The van der Waals surface area contributed by atoms with Crippen LogP contribution in [0.2, 0.25) is 0 Å². The van der Waals surface area contributed by atoms with E-state index in [1.54, 1.807) is 0 Å². The largest absolute Gasteiger partial charge is 0.383 e. The van der Waals surface area contributed by atoms with Crippen LogP contribution in [-0.2, 0) is 13.0 Å². The van der Waals surface area contributed by atoms with Crippen molar-refractivity contribution in [2.45, 2.75) is 40.7 Å². The van der Waals surface area contributed by atoms with Crippen LogP contribution >= 0.6 is 0 Å². The SMILES string of the molecule is CCc1nc(-c2ccccc2C)c(N)n1CC(C)C. The van der Waals surface area contributed by atoms with E-state index in [1.165, 1.54) is 5.56 Å². The van der Waals surface area contributed by atoms with Gasteiger partial charge in [-0.15, -0.1) is 0 Å². The zero-order valence-corrected chi connectivity index (χ0v) is 12.3. The van der Waals surface area contributed by atoms with Crippen LogP contribution in [0.4, 0.5) is 5.82 Å². The number of aryl methyl sites for hydroxylation is 2. The predicted octanol–water partition coefficient (Wildman–Crippen LogP) is 3.66. The summed E-state index contributed by atoms with van der Waals surface area (Å²) in [5.41, 5.74) is 9.61. The third-order valence-corrected chi connectivity index (χ3v) is 3.35. The van der Waals surface area contributed by atoms with Crippen LogP contribution < -0.4 is 5.73 Å². The molecule has 3 heteroatoms. The molecule has 2 aromatic rings. The number of hydrogen-bond acceptors (Lipinski definition) is 2. The van der Waals surface area contributed by atoms with Crippen molar-refractivity contribution in [2.75, 3.05) is 5.73 Å². The van der Waals surface area contributed by atoms with Gasteiger partial charge in [-0.05, 0) is 18.4 Å².